The summed E-state index contributed by atoms with van der Waals surface area (Å²) in [6.45, 7) is 1.89. The van der Waals surface area contributed by atoms with Gasteiger partial charge < -0.3 is 20.4 Å². The van der Waals surface area contributed by atoms with Crippen LogP contribution in [0.3, 0.4) is 0 Å². The molecule has 0 unspecified atom stereocenters. The van der Waals surface area contributed by atoms with Crippen molar-refractivity contribution in [1.29, 1.82) is 0 Å². The van der Waals surface area contributed by atoms with Crippen molar-refractivity contribution >= 4 is 17.6 Å². The quantitative estimate of drug-likeness (QED) is 0.549. The van der Waals surface area contributed by atoms with E-state index in [-0.39, 0.29) is 23.4 Å². The van der Waals surface area contributed by atoms with E-state index < -0.39 is 11.9 Å². The van der Waals surface area contributed by atoms with E-state index in [1.807, 2.05) is 0 Å². The van der Waals surface area contributed by atoms with Crippen LogP contribution in [0.5, 0.6) is 0 Å². The number of carbonyl (C=O) groups is 2. The first-order valence-corrected chi connectivity index (χ1v) is 4.34. The molecule has 0 atom stereocenters. The molecular formula is C10H10NO4-. The van der Waals surface area contributed by atoms with E-state index in [1.54, 1.807) is 6.92 Å². The van der Waals surface area contributed by atoms with E-state index in [0.29, 0.717) is 0 Å². The molecule has 0 saturated heterocycles. The van der Waals surface area contributed by atoms with E-state index in [4.69, 9.17) is 10.5 Å². The molecule has 0 spiro atoms. The van der Waals surface area contributed by atoms with Crippen molar-refractivity contribution in [3.8, 4) is 0 Å². The van der Waals surface area contributed by atoms with Crippen LogP contribution in [0.1, 0.15) is 27.6 Å². The molecule has 1 aromatic rings. The number of esters is 1. The van der Waals surface area contributed by atoms with Gasteiger partial charge in [0.25, 0.3) is 0 Å². The average Bonchev–Trinajstić information content (AvgIpc) is 2.18. The summed E-state index contributed by atoms with van der Waals surface area (Å²) in [6, 6.07) is 3.87. The summed E-state index contributed by atoms with van der Waals surface area (Å²) in [4.78, 5) is 21.9. The number of carbonyl (C=O) groups excluding carboxylic acids is 2. The lowest BCUT2D eigenvalue weighted by atomic mass is 10.1. The Morgan fingerprint density at radius 3 is 2.67 bits per heavy atom. The van der Waals surface area contributed by atoms with Gasteiger partial charge >= 0.3 is 5.97 Å². The van der Waals surface area contributed by atoms with Crippen LogP contribution in [-0.4, -0.2) is 18.5 Å². The maximum Gasteiger partial charge on any atom is 0.338 e. The molecule has 0 amide bonds. The smallest absolute Gasteiger partial charge is 0.338 e. The minimum absolute atomic E-state index is 0.0584. The molecule has 1 aromatic carbocycles. The van der Waals surface area contributed by atoms with Crippen molar-refractivity contribution in [3.63, 3.8) is 0 Å². The number of carboxylic acid groups (broad SMARTS) is 1. The highest BCUT2D eigenvalue weighted by atomic mass is 16.5. The number of nitrogens with two attached hydrogens (primary N) is 1. The molecule has 0 aliphatic heterocycles. The van der Waals surface area contributed by atoms with E-state index >= 15 is 0 Å². The van der Waals surface area contributed by atoms with Crippen LogP contribution in [0.2, 0.25) is 0 Å². The summed E-state index contributed by atoms with van der Waals surface area (Å²) in [5.74, 6) is -2.00. The first kappa shape index (κ1) is 11.0. The molecule has 0 aliphatic carbocycles. The number of nitrogen functional groups attached to an aromatic ring is 1. The molecule has 0 heterocycles. The highest BCUT2D eigenvalue weighted by Gasteiger charge is 2.09. The molecular weight excluding hydrogens is 198 g/mol. The minimum Gasteiger partial charge on any atom is -0.545 e. The van der Waals surface area contributed by atoms with Gasteiger partial charge in [-0.3, -0.25) is 0 Å². The molecule has 1 rings (SSSR count). The fourth-order valence-electron chi connectivity index (χ4n) is 1.07. The van der Waals surface area contributed by atoms with Crippen molar-refractivity contribution < 1.29 is 19.4 Å². The molecule has 15 heavy (non-hydrogen) atoms. The van der Waals surface area contributed by atoms with Gasteiger partial charge in [-0.05, 0) is 25.1 Å². The van der Waals surface area contributed by atoms with Crippen LogP contribution in [-0.2, 0) is 4.74 Å². The number of anilines is 1. The van der Waals surface area contributed by atoms with Crippen LogP contribution in [0.15, 0.2) is 18.2 Å². The summed E-state index contributed by atoms with van der Waals surface area (Å²) >= 11 is 0. The average molecular weight is 208 g/mol. The van der Waals surface area contributed by atoms with Crippen molar-refractivity contribution in [2.45, 2.75) is 6.92 Å². The van der Waals surface area contributed by atoms with Crippen molar-refractivity contribution in [2.24, 2.45) is 0 Å². The fraction of sp³-hybridized carbons (Fsp3) is 0.200. The zero-order chi connectivity index (χ0) is 11.4. The summed E-state index contributed by atoms with van der Waals surface area (Å²) < 4.78 is 4.71. The number of hydrogen-bond acceptors (Lipinski definition) is 5. The third-order valence-electron chi connectivity index (χ3n) is 1.78. The van der Waals surface area contributed by atoms with Crippen LogP contribution < -0.4 is 10.8 Å². The first-order chi connectivity index (χ1) is 7.06. The van der Waals surface area contributed by atoms with Gasteiger partial charge in [0.15, 0.2) is 0 Å². The van der Waals surface area contributed by atoms with Crippen molar-refractivity contribution in [1.82, 2.24) is 0 Å². The zero-order valence-corrected chi connectivity index (χ0v) is 8.15. The predicted octanol–water partition coefficient (Wildman–Crippen LogP) is -0.191. The first-order valence-electron chi connectivity index (χ1n) is 4.34. The summed E-state index contributed by atoms with van der Waals surface area (Å²) in [6.07, 6.45) is 0. The van der Waals surface area contributed by atoms with Crippen molar-refractivity contribution in [2.75, 3.05) is 12.3 Å². The highest BCUT2D eigenvalue weighted by molar-refractivity contribution is 5.97. The Bertz CT molecular complexity index is 400. The minimum atomic E-state index is -1.42. The summed E-state index contributed by atoms with van der Waals surface area (Å²) in [7, 11) is 0. The van der Waals surface area contributed by atoms with Gasteiger partial charge in [0.05, 0.1) is 18.1 Å². The highest BCUT2D eigenvalue weighted by Crippen LogP contribution is 2.14. The standard InChI is InChI=1S/C10H11NO4/c1-2-15-10(14)6-3-4-8(11)7(5-6)9(12)13/h3-5H,2,11H2,1H3,(H,12,13)/p-1. The molecule has 0 bridgehead atoms. The maximum atomic E-state index is 11.3. The topological polar surface area (TPSA) is 92.5 Å². The Kier molecular flexibility index (Phi) is 3.28. The Balaban J connectivity index is 3.07. The second-order valence-corrected chi connectivity index (χ2v) is 2.81. The lowest BCUT2D eigenvalue weighted by Crippen LogP contribution is -2.24. The summed E-state index contributed by atoms with van der Waals surface area (Å²) in [5, 5.41) is 10.6. The normalized spacial score (nSPS) is 9.67. The van der Waals surface area contributed by atoms with Gasteiger partial charge in [0.1, 0.15) is 0 Å². The monoisotopic (exact) mass is 208 g/mol. The molecule has 0 aromatic heterocycles. The maximum absolute atomic E-state index is 11.3. The van der Waals surface area contributed by atoms with Crippen LogP contribution in [0.25, 0.3) is 0 Å². The lowest BCUT2D eigenvalue weighted by molar-refractivity contribution is -0.254. The van der Waals surface area contributed by atoms with Gasteiger partial charge in [0.2, 0.25) is 0 Å². The Hall–Kier alpha value is -2.04. The van der Waals surface area contributed by atoms with Crippen molar-refractivity contribution in [3.05, 3.63) is 29.3 Å². The van der Waals surface area contributed by atoms with Gasteiger partial charge in [-0.25, -0.2) is 4.79 Å². The number of carboxylic acids is 1. The van der Waals surface area contributed by atoms with Gasteiger partial charge in [0, 0.05) is 11.3 Å². The number of ether oxygens (including phenoxy) is 1. The second kappa shape index (κ2) is 4.45. The largest absolute Gasteiger partial charge is 0.545 e. The zero-order valence-electron chi connectivity index (χ0n) is 8.15. The Morgan fingerprint density at radius 1 is 1.47 bits per heavy atom. The Morgan fingerprint density at radius 2 is 2.13 bits per heavy atom. The molecule has 0 saturated carbocycles. The second-order valence-electron chi connectivity index (χ2n) is 2.81. The Labute approximate surface area is 86.5 Å². The molecule has 2 N–H and O–H groups in total. The fourth-order valence-corrected chi connectivity index (χ4v) is 1.07. The molecule has 5 nitrogen and oxygen atoms in total. The van der Waals surface area contributed by atoms with E-state index in [1.165, 1.54) is 12.1 Å². The van der Waals surface area contributed by atoms with Gasteiger partial charge in [-0.15, -0.1) is 0 Å². The van der Waals surface area contributed by atoms with E-state index in [2.05, 4.69) is 0 Å². The van der Waals surface area contributed by atoms with Gasteiger partial charge in [-0.2, -0.15) is 0 Å². The van der Waals surface area contributed by atoms with E-state index in [9.17, 15) is 14.7 Å². The third kappa shape index (κ3) is 2.46. The van der Waals surface area contributed by atoms with Gasteiger partial charge in [-0.1, -0.05) is 0 Å². The van der Waals surface area contributed by atoms with E-state index in [0.717, 1.165) is 6.07 Å². The number of aromatic carboxylic acids is 1. The third-order valence-corrected chi connectivity index (χ3v) is 1.78. The van der Waals surface area contributed by atoms with Crippen LogP contribution in [0, 0.1) is 0 Å². The molecule has 80 valence electrons. The molecule has 0 fully saturated rings. The van der Waals surface area contributed by atoms with Crippen LogP contribution >= 0.6 is 0 Å². The van der Waals surface area contributed by atoms with Crippen LogP contribution in [0.4, 0.5) is 5.69 Å². The predicted molar refractivity (Wildman–Crippen MR) is 51.1 cm³/mol. The lowest BCUT2D eigenvalue weighted by Gasteiger charge is -2.08. The molecule has 0 aliphatic rings. The number of rotatable bonds is 3. The molecule has 5 heteroatoms. The SMILES string of the molecule is CCOC(=O)c1ccc(N)c(C(=O)[O-])c1. The molecule has 0 radical (unpaired) electrons. The number of benzene rings is 1. The number of hydrogen-bond donors (Lipinski definition) is 1. The summed E-state index contributed by atoms with van der Waals surface area (Å²) in [5.41, 5.74) is 5.39.